The van der Waals surface area contributed by atoms with Crippen molar-refractivity contribution in [2.45, 2.75) is 89.6 Å². The molecule has 4 amide bonds. The highest BCUT2D eigenvalue weighted by atomic mass is 32.2. The maximum absolute atomic E-state index is 14.6. The maximum atomic E-state index is 14.6. The van der Waals surface area contributed by atoms with Crippen LogP contribution in [0.2, 0.25) is 0 Å². The van der Waals surface area contributed by atoms with Crippen LogP contribution in [0.1, 0.15) is 79.1 Å². The van der Waals surface area contributed by atoms with Gasteiger partial charge in [0.2, 0.25) is 33.7 Å². The Morgan fingerprint density at radius 2 is 1.70 bits per heavy atom. The molecule has 0 aliphatic carbocycles. The predicted molar refractivity (Wildman–Crippen MR) is 249 cm³/mol. The molecule has 3 heterocycles. The molecule has 5 aromatic rings. The third kappa shape index (κ3) is 13.1. The van der Waals surface area contributed by atoms with Gasteiger partial charge in [-0.05, 0) is 113 Å². The minimum absolute atomic E-state index is 0.0640. The summed E-state index contributed by atoms with van der Waals surface area (Å²) in [4.78, 5) is 60.7. The van der Waals surface area contributed by atoms with Crippen LogP contribution in [-0.4, -0.2) is 78.2 Å². The van der Waals surface area contributed by atoms with Crippen molar-refractivity contribution < 1.29 is 41.5 Å². The highest BCUT2D eigenvalue weighted by Crippen LogP contribution is 2.35. The van der Waals surface area contributed by atoms with Crippen molar-refractivity contribution in [2.75, 3.05) is 30.3 Å². The molecule has 0 bridgehead atoms. The zero-order valence-electron chi connectivity index (χ0n) is 37.7. The number of rotatable bonds is 19. The van der Waals surface area contributed by atoms with Crippen LogP contribution in [0.3, 0.4) is 0 Å². The SMILES string of the molecule is Cc1cnc(Nc2ccc(OCCCNCC(=O)NCc3ccc(COc4cc(F)cc5c4CN([C@H]4CCCC(=O)NC4=O)C5=O)cc3)cc2)nc1Nc1cccc(S(=O)(=O)NC(C)(C)C)c1. The lowest BCUT2D eigenvalue weighted by Gasteiger charge is -2.24. The average Bonchev–Trinajstić information content (AvgIpc) is 3.50. The van der Waals surface area contributed by atoms with Crippen molar-refractivity contribution in [1.29, 1.82) is 0 Å². The maximum Gasteiger partial charge on any atom is 0.255 e. The van der Waals surface area contributed by atoms with E-state index in [-0.39, 0.29) is 54.1 Å². The second-order valence-corrected chi connectivity index (χ2v) is 19.0. The second kappa shape index (κ2) is 21.1. The standard InChI is InChI=1S/C48H54FN9O8S/c1-30-25-52-47(56-44(30)53-35-8-5-9-37(24-35)67(63,64)57-48(2,3)4)54-34-16-18-36(19-17-34)65-21-7-20-50-27-43(60)51-26-31-12-14-32(15-13-31)29-66-41-23-33(49)22-38-39(41)28-58(46(38)62)40-10-6-11-42(59)55-45(40)61/h5,8-9,12-19,22-25,40,50,57H,6-7,10-11,20-21,26-29H2,1-4H3,(H,51,60)(H,55,59,61)(H2,52,53,54,56)/t40-/m0/s1. The molecule has 352 valence electrons. The first-order valence-electron chi connectivity index (χ1n) is 21.9. The van der Waals surface area contributed by atoms with E-state index in [2.05, 4.69) is 41.3 Å². The lowest BCUT2D eigenvalue weighted by molar-refractivity contribution is -0.132. The van der Waals surface area contributed by atoms with Crippen molar-refractivity contribution >= 4 is 56.8 Å². The van der Waals surface area contributed by atoms with Gasteiger partial charge >= 0.3 is 0 Å². The van der Waals surface area contributed by atoms with Crippen molar-refractivity contribution in [3.05, 3.63) is 125 Å². The number of amides is 4. The number of hydrogen-bond acceptors (Lipinski definition) is 13. The highest BCUT2D eigenvalue weighted by molar-refractivity contribution is 7.89. The fraction of sp³-hybridized carbons (Fsp3) is 0.333. The van der Waals surface area contributed by atoms with Crippen LogP contribution in [0.5, 0.6) is 11.5 Å². The number of imide groups is 1. The van der Waals surface area contributed by atoms with E-state index in [0.717, 1.165) is 28.4 Å². The number of hydrogen-bond donors (Lipinski definition) is 6. The molecule has 6 N–H and O–H groups in total. The third-order valence-corrected chi connectivity index (χ3v) is 12.5. The van der Waals surface area contributed by atoms with E-state index in [1.807, 2.05) is 55.5 Å². The summed E-state index contributed by atoms with van der Waals surface area (Å²) in [6, 6.07) is 22.8. The molecule has 67 heavy (non-hydrogen) atoms. The van der Waals surface area contributed by atoms with Gasteiger partial charge in [-0.25, -0.2) is 22.5 Å². The van der Waals surface area contributed by atoms with Crippen LogP contribution < -0.4 is 40.8 Å². The number of benzene rings is 4. The largest absolute Gasteiger partial charge is 0.494 e. The van der Waals surface area contributed by atoms with E-state index in [4.69, 9.17) is 9.47 Å². The lowest BCUT2D eigenvalue weighted by Crippen LogP contribution is -2.46. The Morgan fingerprint density at radius 1 is 0.940 bits per heavy atom. The Labute approximate surface area is 388 Å². The molecule has 2 aliphatic rings. The first-order valence-corrected chi connectivity index (χ1v) is 23.4. The van der Waals surface area contributed by atoms with Gasteiger partial charge in [0.1, 0.15) is 35.8 Å². The normalized spacial score (nSPS) is 15.1. The highest BCUT2D eigenvalue weighted by Gasteiger charge is 2.39. The number of sulfonamides is 1. The van der Waals surface area contributed by atoms with Crippen LogP contribution in [0.4, 0.5) is 27.5 Å². The summed E-state index contributed by atoms with van der Waals surface area (Å²) in [5.41, 5.74) is 3.73. The van der Waals surface area contributed by atoms with Gasteiger partial charge in [-0.1, -0.05) is 30.3 Å². The number of fused-ring (bicyclic) bond motifs is 1. The lowest BCUT2D eigenvalue weighted by atomic mass is 10.1. The van der Waals surface area contributed by atoms with Gasteiger partial charge in [-0.15, -0.1) is 0 Å². The third-order valence-electron chi connectivity index (χ3n) is 10.7. The second-order valence-electron chi connectivity index (χ2n) is 17.3. The zero-order chi connectivity index (χ0) is 47.7. The molecule has 0 saturated carbocycles. The number of carbonyl (C=O) groups is 4. The number of nitrogens with zero attached hydrogens (tertiary/aromatic N) is 3. The Balaban J connectivity index is 0.789. The van der Waals surface area contributed by atoms with E-state index < -0.39 is 39.2 Å². The van der Waals surface area contributed by atoms with Crippen LogP contribution >= 0.6 is 0 Å². The number of ether oxygens (including phenoxy) is 2. The van der Waals surface area contributed by atoms with E-state index in [0.29, 0.717) is 67.7 Å². The van der Waals surface area contributed by atoms with E-state index in [1.54, 1.807) is 45.2 Å². The van der Waals surface area contributed by atoms with Crippen LogP contribution in [0.25, 0.3) is 0 Å². The molecule has 0 unspecified atom stereocenters. The molecule has 17 nitrogen and oxygen atoms in total. The zero-order valence-corrected chi connectivity index (χ0v) is 38.5. The van der Waals surface area contributed by atoms with E-state index in [9.17, 15) is 32.0 Å². The van der Waals surface area contributed by atoms with Gasteiger partial charge in [-0.2, -0.15) is 4.98 Å². The smallest absolute Gasteiger partial charge is 0.255 e. The van der Waals surface area contributed by atoms with Crippen molar-refractivity contribution in [1.82, 2.24) is 35.5 Å². The quantitative estimate of drug-likeness (QED) is 0.0421. The molecule has 1 fully saturated rings. The summed E-state index contributed by atoms with van der Waals surface area (Å²) < 4.78 is 54.9. The summed E-state index contributed by atoms with van der Waals surface area (Å²) in [5, 5.41) is 14.7. The summed E-state index contributed by atoms with van der Waals surface area (Å²) in [5.74, 6) is -0.441. The van der Waals surface area contributed by atoms with Gasteiger partial charge in [0.25, 0.3) is 5.91 Å². The number of nitrogens with one attached hydrogen (secondary N) is 6. The van der Waals surface area contributed by atoms with Gasteiger partial charge in [0.05, 0.1) is 30.2 Å². The van der Waals surface area contributed by atoms with E-state index >= 15 is 0 Å². The topological polar surface area (TPSA) is 222 Å². The molecule has 0 radical (unpaired) electrons. The molecule has 1 aromatic heterocycles. The number of aryl methyl sites for hydroxylation is 1. The Bertz CT molecular complexity index is 2730. The van der Waals surface area contributed by atoms with Gasteiger partial charge in [0.15, 0.2) is 0 Å². The fourth-order valence-electron chi connectivity index (χ4n) is 7.41. The molecule has 0 spiro atoms. The minimum atomic E-state index is -3.72. The Kier molecular flexibility index (Phi) is 15.1. The Morgan fingerprint density at radius 3 is 2.46 bits per heavy atom. The van der Waals surface area contributed by atoms with Gasteiger partial charge < -0.3 is 35.6 Å². The summed E-state index contributed by atoms with van der Waals surface area (Å²) in [6.07, 6.45) is 3.32. The van der Waals surface area contributed by atoms with Crippen molar-refractivity contribution in [3.8, 4) is 11.5 Å². The monoisotopic (exact) mass is 935 g/mol. The summed E-state index contributed by atoms with van der Waals surface area (Å²) >= 11 is 0. The number of halogens is 1. The molecule has 4 aromatic carbocycles. The molecular formula is C48H54FN9O8S. The number of aromatic nitrogens is 2. The van der Waals surface area contributed by atoms with Gasteiger partial charge in [0, 0.05) is 53.3 Å². The van der Waals surface area contributed by atoms with Crippen molar-refractivity contribution in [3.63, 3.8) is 0 Å². The Hall–Kier alpha value is -6.96. The van der Waals surface area contributed by atoms with E-state index in [1.165, 1.54) is 17.0 Å². The molecule has 1 atom stereocenters. The first-order chi connectivity index (χ1) is 32.0. The molecule has 2 aliphatic heterocycles. The van der Waals surface area contributed by atoms with Gasteiger partial charge in [-0.3, -0.25) is 24.5 Å². The predicted octanol–water partition coefficient (Wildman–Crippen LogP) is 5.89. The molecule has 19 heteroatoms. The fourth-order valence-corrected chi connectivity index (χ4v) is 8.87. The van der Waals surface area contributed by atoms with Crippen LogP contribution in [0, 0.1) is 12.7 Å². The van der Waals surface area contributed by atoms with Crippen LogP contribution in [-0.2, 0) is 44.1 Å². The number of anilines is 4. The molecule has 7 rings (SSSR count). The van der Waals surface area contributed by atoms with Crippen molar-refractivity contribution in [2.24, 2.45) is 0 Å². The minimum Gasteiger partial charge on any atom is -0.494 e. The van der Waals surface area contributed by atoms with Crippen LogP contribution in [0.15, 0.2) is 96.0 Å². The summed E-state index contributed by atoms with van der Waals surface area (Å²) in [7, 11) is -3.72. The molecule has 1 saturated heterocycles. The summed E-state index contributed by atoms with van der Waals surface area (Å²) in [6.45, 7) is 8.82. The average molecular weight is 936 g/mol. The number of carbonyl (C=O) groups excluding carboxylic acids is 4. The first kappa shape index (κ1) is 48.0. The molecular weight excluding hydrogens is 882 g/mol.